The highest BCUT2D eigenvalue weighted by Crippen LogP contribution is 2.27. The molecular formula is C14H20ClN3O2S. The topological polar surface area (TPSA) is 87.2 Å². The maximum Gasteiger partial charge on any atom is 0.244 e. The van der Waals surface area contributed by atoms with Crippen LogP contribution in [0.2, 0.25) is 5.02 Å². The molecule has 0 amide bonds. The molecule has 0 heterocycles. The van der Waals surface area contributed by atoms with E-state index < -0.39 is 10.0 Å². The van der Waals surface area contributed by atoms with Gasteiger partial charge >= 0.3 is 0 Å². The molecule has 0 saturated carbocycles. The van der Waals surface area contributed by atoms with E-state index in [1.54, 1.807) is 6.92 Å². The number of nitrogens with zero attached hydrogens (tertiary/aromatic N) is 2. The van der Waals surface area contributed by atoms with Gasteiger partial charge in [-0.2, -0.15) is 9.57 Å². The van der Waals surface area contributed by atoms with E-state index in [1.807, 2.05) is 19.9 Å². The zero-order valence-electron chi connectivity index (χ0n) is 12.4. The van der Waals surface area contributed by atoms with Gasteiger partial charge in [-0.25, -0.2) is 8.42 Å². The third-order valence-electron chi connectivity index (χ3n) is 3.19. The summed E-state index contributed by atoms with van der Waals surface area (Å²) in [5.41, 5.74) is 5.67. The molecule has 21 heavy (non-hydrogen) atoms. The Morgan fingerprint density at radius 2 is 2.05 bits per heavy atom. The highest BCUT2D eigenvalue weighted by molar-refractivity contribution is 7.89. The van der Waals surface area contributed by atoms with E-state index in [9.17, 15) is 8.42 Å². The van der Waals surface area contributed by atoms with Gasteiger partial charge in [0, 0.05) is 13.1 Å². The fraction of sp³-hybridized carbons (Fsp3) is 0.500. The zero-order chi connectivity index (χ0) is 16.3. The molecule has 1 rings (SSSR count). The lowest BCUT2D eigenvalue weighted by Crippen LogP contribution is -2.42. The summed E-state index contributed by atoms with van der Waals surface area (Å²) >= 11 is 6.02. The number of hydrogen-bond donors (Lipinski definition) is 1. The summed E-state index contributed by atoms with van der Waals surface area (Å²) in [6, 6.07) is 6.10. The van der Waals surface area contributed by atoms with Gasteiger partial charge < -0.3 is 5.73 Å². The molecule has 0 radical (unpaired) electrons. The van der Waals surface area contributed by atoms with Crippen molar-refractivity contribution in [1.29, 1.82) is 5.26 Å². The first kappa shape index (κ1) is 17.9. The SMILES string of the molecule is CCN(CC(C)(C)CN)S(=O)(=O)c1ccc(C#N)cc1Cl. The Morgan fingerprint density at radius 1 is 1.43 bits per heavy atom. The fourth-order valence-corrected chi connectivity index (χ4v) is 3.98. The van der Waals surface area contributed by atoms with E-state index in [0.717, 1.165) is 0 Å². The van der Waals surface area contributed by atoms with Crippen LogP contribution in [0.15, 0.2) is 23.1 Å². The smallest absolute Gasteiger partial charge is 0.244 e. The number of sulfonamides is 1. The third-order valence-corrected chi connectivity index (χ3v) is 5.59. The standard InChI is InChI=1S/C14H20ClN3O2S/c1-4-18(10-14(2,3)9-17)21(19,20)13-6-5-11(8-16)7-12(13)15/h5-7H,4,9-10,17H2,1-3H3. The first-order valence-corrected chi connectivity index (χ1v) is 8.39. The number of nitrogens with two attached hydrogens (primary N) is 1. The first-order valence-electron chi connectivity index (χ1n) is 6.58. The second-order valence-corrected chi connectivity index (χ2v) is 7.87. The Balaban J connectivity index is 3.23. The van der Waals surface area contributed by atoms with E-state index in [4.69, 9.17) is 22.6 Å². The first-order chi connectivity index (χ1) is 9.67. The van der Waals surface area contributed by atoms with Gasteiger partial charge in [-0.3, -0.25) is 0 Å². The molecule has 0 bridgehead atoms. The molecule has 0 unspecified atom stereocenters. The molecule has 0 aromatic heterocycles. The van der Waals surface area contributed by atoms with E-state index in [2.05, 4.69) is 0 Å². The second kappa shape index (κ2) is 6.75. The Labute approximate surface area is 131 Å². The van der Waals surface area contributed by atoms with Crippen molar-refractivity contribution in [2.75, 3.05) is 19.6 Å². The third kappa shape index (κ3) is 4.17. The van der Waals surface area contributed by atoms with Crippen molar-refractivity contribution in [1.82, 2.24) is 4.31 Å². The van der Waals surface area contributed by atoms with Crippen molar-refractivity contribution in [3.63, 3.8) is 0 Å². The van der Waals surface area contributed by atoms with Crippen molar-refractivity contribution >= 4 is 21.6 Å². The van der Waals surface area contributed by atoms with Crippen LogP contribution >= 0.6 is 11.6 Å². The van der Waals surface area contributed by atoms with Crippen LogP contribution in [0.3, 0.4) is 0 Å². The molecule has 0 saturated heterocycles. The summed E-state index contributed by atoms with van der Waals surface area (Å²) in [5, 5.41) is 8.87. The molecule has 0 aliphatic heterocycles. The van der Waals surface area contributed by atoms with Crippen LogP contribution < -0.4 is 5.73 Å². The normalized spacial score (nSPS) is 12.4. The van der Waals surface area contributed by atoms with Crippen molar-refractivity contribution in [3.8, 4) is 6.07 Å². The minimum absolute atomic E-state index is 0.0119. The lowest BCUT2D eigenvalue weighted by molar-refractivity contribution is 0.273. The van der Waals surface area contributed by atoms with E-state index in [-0.39, 0.29) is 15.3 Å². The lowest BCUT2D eigenvalue weighted by Gasteiger charge is -2.30. The molecule has 0 fully saturated rings. The summed E-state index contributed by atoms with van der Waals surface area (Å²) < 4.78 is 26.7. The minimum Gasteiger partial charge on any atom is -0.330 e. The van der Waals surface area contributed by atoms with Crippen molar-refractivity contribution < 1.29 is 8.42 Å². The molecule has 7 heteroatoms. The van der Waals surface area contributed by atoms with Crippen molar-refractivity contribution in [2.45, 2.75) is 25.7 Å². The van der Waals surface area contributed by atoms with Crippen LogP contribution in [0.25, 0.3) is 0 Å². The summed E-state index contributed by atoms with van der Waals surface area (Å²) in [4.78, 5) is 0.0119. The number of hydrogen-bond acceptors (Lipinski definition) is 4. The maximum absolute atomic E-state index is 12.7. The van der Waals surface area contributed by atoms with Crippen LogP contribution in [0.4, 0.5) is 0 Å². The van der Waals surface area contributed by atoms with Gasteiger partial charge in [0.1, 0.15) is 4.90 Å². The molecule has 0 aliphatic carbocycles. The fourth-order valence-electron chi connectivity index (χ4n) is 1.83. The Bertz CT molecular complexity index is 651. The van der Waals surface area contributed by atoms with E-state index in [0.29, 0.717) is 25.2 Å². The molecule has 2 N–H and O–H groups in total. The molecular weight excluding hydrogens is 310 g/mol. The average Bonchev–Trinajstić information content (AvgIpc) is 2.44. The molecule has 1 aromatic carbocycles. The van der Waals surface area contributed by atoms with Gasteiger partial charge in [0.25, 0.3) is 0 Å². The minimum atomic E-state index is -3.71. The van der Waals surface area contributed by atoms with E-state index in [1.165, 1.54) is 22.5 Å². The molecule has 0 spiro atoms. The van der Waals surface area contributed by atoms with E-state index >= 15 is 0 Å². The van der Waals surface area contributed by atoms with Gasteiger partial charge in [-0.05, 0) is 30.2 Å². The van der Waals surface area contributed by atoms with Gasteiger partial charge in [0.05, 0.1) is 16.7 Å². The number of nitriles is 1. The predicted octanol–water partition coefficient (Wildman–Crippen LogP) is 2.21. The summed E-state index contributed by atoms with van der Waals surface area (Å²) in [6.07, 6.45) is 0. The number of benzene rings is 1. The zero-order valence-corrected chi connectivity index (χ0v) is 14.0. The number of halogens is 1. The Hall–Kier alpha value is -1.13. The average molecular weight is 330 g/mol. The quantitative estimate of drug-likeness (QED) is 0.866. The summed E-state index contributed by atoms with van der Waals surface area (Å²) in [5.74, 6) is 0. The molecule has 0 atom stereocenters. The van der Waals surface area contributed by atoms with Crippen LogP contribution in [-0.2, 0) is 10.0 Å². The van der Waals surface area contributed by atoms with Crippen LogP contribution in [0, 0.1) is 16.7 Å². The van der Waals surface area contributed by atoms with Gasteiger partial charge in [0.15, 0.2) is 0 Å². The molecule has 1 aromatic rings. The van der Waals surface area contributed by atoms with Gasteiger partial charge in [-0.15, -0.1) is 0 Å². The summed E-state index contributed by atoms with van der Waals surface area (Å²) in [7, 11) is -3.71. The Kier molecular flexibility index (Phi) is 5.76. The van der Waals surface area contributed by atoms with Crippen molar-refractivity contribution in [3.05, 3.63) is 28.8 Å². The van der Waals surface area contributed by atoms with Gasteiger partial charge in [0.2, 0.25) is 10.0 Å². The van der Waals surface area contributed by atoms with Crippen molar-refractivity contribution in [2.24, 2.45) is 11.1 Å². The molecule has 5 nitrogen and oxygen atoms in total. The molecule has 0 aliphatic rings. The largest absolute Gasteiger partial charge is 0.330 e. The Morgan fingerprint density at radius 3 is 2.48 bits per heavy atom. The lowest BCUT2D eigenvalue weighted by atomic mass is 9.94. The highest BCUT2D eigenvalue weighted by atomic mass is 35.5. The van der Waals surface area contributed by atoms with Gasteiger partial charge in [-0.1, -0.05) is 32.4 Å². The second-order valence-electron chi connectivity index (χ2n) is 5.56. The molecule has 116 valence electrons. The predicted molar refractivity (Wildman–Crippen MR) is 83.4 cm³/mol. The maximum atomic E-state index is 12.7. The highest BCUT2D eigenvalue weighted by Gasteiger charge is 2.30. The van der Waals surface area contributed by atoms with Crippen LogP contribution in [-0.4, -0.2) is 32.4 Å². The van der Waals surface area contributed by atoms with Crippen LogP contribution in [0.5, 0.6) is 0 Å². The van der Waals surface area contributed by atoms with Crippen LogP contribution in [0.1, 0.15) is 26.3 Å². The summed E-state index contributed by atoms with van der Waals surface area (Å²) in [6.45, 7) is 6.58. The monoisotopic (exact) mass is 329 g/mol. The number of rotatable bonds is 6.